The summed E-state index contributed by atoms with van der Waals surface area (Å²) in [6.07, 6.45) is 1.26. The average Bonchev–Trinajstić information content (AvgIpc) is 2.78. The van der Waals surface area contributed by atoms with Crippen molar-refractivity contribution in [2.24, 2.45) is 0 Å². The molecule has 0 aliphatic carbocycles. The predicted octanol–water partition coefficient (Wildman–Crippen LogP) is 2.21. The molecule has 1 aliphatic heterocycles. The molecule has 0 bridgehead atoms. The summed E-state index contributed by atoms with van der Waals surface area (Å²) in [4.78, 5) is 24.4. The smallest absolute Gasteiger partial charge is 0.282 e. The molecule has 2 amide bonds. The SMILES string of the molecule is O=C1NN(c2cccc(Cl)c2)C(=O)/C1=C\c1ccc(O)cc1O. The first-order valence-corrected chi connectivity index (χ1v) is 6.98. The van der Waals surface area contributed by atoms with Gasteiger partial charge in [0.25, 0.3) is 11.8 Å². The molecule has 1 saturated heterocycles. The van der Waals surface area contributed by atoms with E-state index in [4.69, 9.17) is 11.6 Å². The molecule has 0 spiro atoms. The average molecular weight is 331 g/mol. The maximum Gasteiger partial charge on any atom is 0.282 e. The molecule has 1 aliphatic rings. The maximum atomic E-state index is 12.4. The molecule has 2 aromatic carbocycles. The van der Waals surface area contributed by atoms with E-state index in [2.05, 4.69) is 5.43 Å². The van der Waals surface area contributed by atoms with Gasteiger partial charge in [0.05, 0.1) is 5.69 Å². The van der Waals surface area contributed by atoms with E-state index in [1.54, 1.807) is 24.3 Å². The first kappa shape index (κ1) is 14.9. The Labute approximate surface area is 136 Å². The standard InChI is InChI=1S/C16H11ClN2O4/c17-10-2-1-3-11(7-10)19-16(23)13(15(22)18-19)6-9-4-5-12(20)8-14(9)21/h1-8,20-21H,(H,18,22)/b13-6-. The number of hydrogen-bond acceptors (Lipinski definition) is 4. The molecule has 3 N–H and O–H groups in total. The molecule has 0 aromatic heterocycles. The number of phenolic OH excluding ortho intramolecular Hbond substituents is 2. The van der Waals surface area contributed by atoms with Gasteiger partial charge in [-0.05, 0) is 36.4 Å². The van der Waals surface area contributed by atoms with Gasteiger partial charge in [-0.2, -0.15) is 0 Å². The van der Waals surface area contributed by atoms with Crippen molar-refractivity contribution in [3.8, 4) is 11.5 Å². The lowest BCUT2D eigenvalue weighted by Gasteiger charge is -2.14. The summed E-state index contributed by atoms with van der Waals surface area (Å²) in [7, 11) is 0. The normalized spacial score (nSPS) is 16.0. The van der Waals surface area contributed by atoms with E-state index < -0.39 is 11.8 Å². The Kier molecular flexibility index (Phi) is 3.67. The third kappa shape index (κ3) is 2.84. The Morgan fingerprint density at radius 3 is 2.57 bits per heavy atom. The van der Waals surface area contributed by atoms with Gasteiger partial charge in [0, 0.05) is 16.7 Å². The number of phenols is 2. The molecular formula is C16H11ClN2O4. The topological polar surface area (TPSA) is 89.9 Å². The van der Waals surface area contributed by atoms with Gasteiger partial charge in [-0.3, -0.25) is 15.0 Å². The minimum Gasteiger partial charge on any atom is -0.508 e. The number of amides is 2. The Morgan fingerprint density at radius 1 is 1.09 bits per heavy atom. The summed E-state index contributed by atoms with van der Waals surface area (Å²) >= 11 is 5.89. The van der Waals surface area contributed by atoms with Crippen LogP contribution >= 0.6 is 11.6 Å². The Bertz CT molecular complexity index is 848. The lowest BCUT2D eigenvalue weighted by molar-refractivity contribution is -0.117. The van der Waals surface area contributed by atoms with Crippen molar-refractivity contribution in [1.82, 2.24) is 5.43 Å². The van der Waals surface area contributed by atoms with Crippen LogP contribution < -0.4 is 10.4 Å². The van der Waals surface area contributed by atoms with Gasteiger partial charge in [-0.15, -0.1) is 0 Å². The molecule has 0 radical (unpaired) electrons. The molecule has 116 valence electrons. The highest BCUT2D eigenvalue weighted by molar-refractivity contribution is 6.33. The lowest BCUT2D eigenvalue weighted by atomic mass is 10.1. The molecule has 7 heteroatoms. The van der Waals surface area contributed by atoms with Gasteiger partial charge in [0.1, 0.15) is 17.1 Å². The second-order valence-corrected chi connectivity index (χ2v) is 5.30. The van der Waals surface area contributed by atoms with Crippen LogP contribution in [0.1, 0.15) is 5.56 Å². The number of anilines is 1. The number of hydrogen-bond donors (Lipinski definition) is 3. The number of halogens is 1. The van der Waals surface area contributed by atoms with Crippen molar-refractivity contribution in [2.75, 3.05) is 5.01 Å². The fourth-order valence-electron chi connectivity index (χ4n) is 2.16. The summed E-state index contributed by atoms with van der Waals surface area (Å²) < 4.78 is 0. The Hall–Kier alpha value is -2.99. The summed E-state index contributed by atoms with van der Waals surface area (Å²) in [6.45, 7) is 0. The van der Waals surface area contributed by atoms with Crippen molar-refractivity contribution >= 4 is 35.2 Å². The molecule has 1 heterocycles. The zero-order valence-corrected chi connectivity index (χ0v) is 12.4. The molecule has 0 atom stereocenters. The minimum atomic E-state index is -0.595. The third-order valence-electron chi connectivity index (χ3n) is 3.27. The molecule has 1 fully saturated rings. The van der Waals surface area contributed by atoms with Crippen LogP contribution in [0.15, 0.2) is 48.0 Å². The quantitative estimate of drug-likeness (QED) is 0.581. The number of benzene rings is 2. The van der Waals surface area contributed by atoms with Crippen molar-refractivity contribution in [2.45, 2.75) is 0 Å². The van der Waals surface area contributed by atoms with Gasteiger partial charge in [0.15, 0.2) is 0 Å². The zero-order valence-electron chi connectivity index (χ0n) is 11.7. The number of carbonyl (C=O) groups is 2. The van der Waals surface area contributed by atoms with E-state index in [1.807, 2.05) is 0 Å². The van der Waals surface area contributed by atoms with Gasteiger partial charge < -0.3 is 10.2 Å². The number of rotatable bonds is 2. The van der Waals surface area contributed by atoms with Crippen molar-refractivity contribution < 1.29 is 19.8 Å². The molecule has 0 unspecified atom stereocenters. The van der Waals surface area contributed by atoms with Crippen LogP contribution in [0.4, 0.5) is 5.69 Å². The molecule has 6 nitrogen and oxygen atoms in total. The van der Waals surface area contributed by atoms with Gasteiger partial charge in [-0.1, -0.05) is 17.7 Å². The second-order valence-electron chi connectivity index (χ2n) is 4.86. The van der Waals surface area contributed by atoms with E-state index in [0.717, 1.165) is 11.1 Å². The summed E-state index contributed by atoms with van der Waals surface area (Å²) in [6, 6.07) is 10.4. The maximum absolute atomic E-state index is 12.4. The van der Waals surface area contributed by atoms with Crippen molar-refractivity contribution in [3.63, 3.8) is 0 Å². The summed E-state index contributed by atoms with van der Waals surface area (Å²) in [5.41, 5.74) is 2.97. The molecule has 0 saturated carbocycles. The van der Waals surface area contributed by atoms with Crippen LogP contribution in [0, 0.1) is 0 Å². The predicted molar refractivity (Wildman–Crippen MR) is 84.8 cm³/mol. The second kappa shape index (κ2) is 5.66. The number of carbonyl (C=O) groups excluding carboxylic acids is 2. The third-order valence-corrected chi connectivity index (χ3v) is 3.51. The molecule has 3 rings (SSSR count). The number of aromatic hydroxyl groups is 2. The fraction of sp³-hybridized carbons (Fsp3) is 0. The summed E-state index contributed by atoms with van der Waals surface area (Å²) in [5, 5.41) is 20.5. The van der Waals surface area contributed by atoms with Crippen LogP contribution in [0.2, 0.25) is 5.02 Å². The van der Waals surface area contributed by atoms with E-state index >= 15 is 0 Å². The number of nitrogens with zero attached hydrogens (tertiary/aromatic N) is 1. The largest absolute Gasteiger partial charge is 0.508 e. The Morgan fingerprint density at radius 2 is 1.87 bits per heavy atom. The van der Waals surface area contributed by atoms with E-state index in [-0.39, 0.29) is 22.6 Å². The molecule has 23 heavy (non-hydrogen) atoms. The van der Waals surface area contributed by atoms with Gasteiger partial charge in [0.2, 0.25) is 0 Å². The van der Waals surface area contributed by atoms with Crippen LogP contribution in [0.5, 0.6) is 11.5 Å². The number of hydrazine groups is 1. The van der Waals surface area contributed by atoms with Crippen molar-refractivity contribution in [1.29, 1.82) is 0 Å². The van der Waals surface area contributed by atoms with Crippen LogP contribution in [-0.2, 0) is 9.59 Å². The van der Waals surface area contributed by atoms with Crippen LogP contribution in [0.3, 0.4) is 0 Å². The highest BCUT2D eigenvalue weighted by atomic mass is 35.5. The Balaban J connectivity index is 1.97. The van der Waals surface area contributed by atoms with Crippen LogP contribution in [0.25, 0.3) is 6.08 Å². The minimum absolute atomic E-state index is 0.118. The van der Waals surface area contributed by atoms with Gasteiger partial charge >= 0.3 is 0 Å². The summed E-state index contributed by atoms with van der Waals surface area (Å²) in [5.74, 6) is -1.51. The first-order chi connectivity index (χ1) is 11.0. The highest BCUT2D eigenvalue weighted by Crippen LogP contribution is 2.28. The zero-order chi connectivity index (χ0) is 16.6. The van der Waals surface area contributed by atoms with Gasteiger partial charge in [-0.25, -0.2) is 5.01 Å². The van der Waals surface area contributed by atoms with Crippen LogP contribution in [-0.4, -0.2) is 22.0 Å². The van der Waals surface area contributed by atoms with E-state index in [1.165, 1.54) is 18.2 Å². The lowest BCUT2D eigenvalue weighted by Crippen LogP contribution is -2.35. The van der Waals surface area contributed by atoms with Crippen molar-refractivity contribution in [3.05, 3.63) is 58.6 Å². The first-order valence-electron chi connectivity index (χ1n) is 6.60. The van der Waals surface area contributed by atoms with E-state index in [0.29, 0.717) is 10.7 Å². The fourth-order valence-corrected chi connectivity index (χ4v) is 2.35. The number of nitrogens with one attached hydrogen (secondary N) is 1. The monoisotopic (exact) mass is 330 g/mol. The van der Waals surface area contributed by atoms with E-state index in [9.17, 15) is 19.8 Å². The molecule has 2 aromatic rings. The highest BCUT2D eigenvalue weighted by Gasteiger charge is 2.34. The molecular weight excluding hydrogens is 320 g/mol.